The molecule has 0 saturated carbocycles. The predicted molar refractivity (Wildman–Crippen MR) is 108 cm³/mol. The largest absolute Gasteiger partial charge is 0.493 e. The molecule has 0 aliphatic rings. The molecule has 2 N–H and O–H groups in total. The monoisotopic (exact) mass is 476 g/mol. The lowest BCUT2D eigenvalue weighted by atomic mass is 10.2. The van der Waals surface area contributed by atoms with Crippen LogP contribution in [-0.2, 0) is 22.6 Å². The fourth-order valence-electron chi connectivity index (χ4n) is 2.51. The molecule has 1 aromatic carbocycles. The summed E-state index contributed by atoms with van der Waals surface area (Å²) in [4.78, 5) is 19.2. The van der Waals surface area contributed by atoms with Crippen molar-refractivity contribution in [1.82, 2.24) is 15.3 Å². The second kappa shape index (κ2) is 9.94. The molecule has 0 radical (unpaired) electrons. The number of hydrogen-bond donors (Lipinski definition) is 2. The Hall–Kier alpha value is -3.22. The normalized spacial score (nSPS) is 13.1. The SMILES string of the molecule is COc1c(F)cccc1CNc1nc(C(F)(F)F)ncc1C(=O)N[C@@H](C)/C=C/S(C)(=O)=O. The molecule has 1 aromatic heterocycles. The van der Waals surface area contributed by atoms with Crippen LogP contribution in [0.3, 0.4) is 0 Å². The van der Waals surface area contributed by atoms with Crippen molar-refractivity contribution in [1.29, 1.82) is 0 Å². The van der Waals surface area contributed by atoms with Gasteiger partial charge in [-0.05, 0) is 13.0 Å². The molecular formula is C19H20F4N4O4S. The van der Waals surface area contributed by atoms with Gasteiger partial charge in [-0.3, -0.25) is 4.79 Å². The first-order valence-corrected chi connectivity index (χ1v) is 11.0. The number of ether oxygens (including phenoxy) is 1. The smallest absolute Gasteiger partial charge is 0.451 e. The van der Waals surface area contributed by atoms with Gasteiger partial charge in [-0.1, -0.05) is 18.2 Å². The number of methoxy groups -OCH3 is 1. The zero-order valence-electron chi connectivity index (χ0n) is 17.2. The summed E-state index contributed by atoms with van der Waals surface area (Å²) >= 11 is 0. The second-order valence-corrected chi connectivity index (χ2v) is 8.59. The van der Waals surface area contributed by atoms with Gasteiger partial charge in [-0.15, -0.1) is 0 Å². The molecule has 2 aromatic rings. The molecule has 2 rings (SSSR count). The number of alkyl halides is 3. The molecule has 13 heteroatoms. The molecule has 0 spiro atoms. The van der Waals surface area contributed by atoms with E-state index in [0.29, 0.717) is 6.20 Å². The van der Waals surface area contributed by atoms with E-state index in [1.165, 1.54) is 32.2 Å². The number of aromatic nitrogens is 2. The van der Waals surface area contributed by atoms with Crippen LogP contribution in [0.5, 0.6) is 5.75 Å². The maximum absolute atomic E-state index is 13.9. The zero-order chi connectivity index (χ0) is 24.1. The summed E-state index contributed by atoms with van der Waals surface area (Å²) in [7, 11) is -2.20. The number of benzene rings is 1. The molecule has 32 heavy (non-hydrogen) atoms. The van der Waals surface area contributed by atoms with Gasteiger partial charge in [0.1, 0.15) is 11.4 Å². The molecule has 1 amide bonds. The Morgan fingerprint density at radius 1 is 1.31 bits per heavy atom. The van der Waals surface area contributed by atoms with Gasteiger partial charge in [0.2, 0.25) is 5.82 Å². The number of carbonyl (C=O) groups excluding carboxylic acids is 1. The van der Waals surface area contributed by atoms with Gasteiger partial charge in [0.25, 0.3) is 5.91 Å². The van der Waals surface area contributed by atoms with E-state index in [-0.39, 0.29) is 23.4 Å². The summed E-state index contributed by atoms with van der Waals surface area (Å²) in [6.07, 6.45) is -2.01. The fraction of sp³-hybridized carbons (Fsp3) is 0.316. The van der Waals surface area contributed by atoms with Crippen molar-refractivity contribution < 1.29 is 35.5 Å². The lowest BCUT2D eigenvalue weighted by Gasteiger charge is -2.16. The lowest BCUT2D eigenvalue weighted by Crippen LogP contribution is -2.32. The average molecular weight is 476 g/mol. The van der Waals surface area contributed by atoms with Crippen molar-refractivity contribution >= 4 is 21.6 Å². The molecule has 0 aliphatic carbocycles. The molecule has 0 fully saturated rings. The summed E-state index contributed by atoms with van der Waals surface area (Å²) in [6.45, 7) is 1.26. The number of sulfone groups is 1. The molecule has 0 aliphatic heterocycles. The maximum Gasteiger partial charge on any atom is 0.451 e. The number of rotatable bonds is 8. The topological polar surface area (TPSA) is 110 Å². The summed E-state index contributed by atoms with van der Waals surface area (Å²) in [5.41, 5.74) is -0.0524. The molecular weight excluding hydrogens is 456 g/mol. The first-order valence-electron chi connectivity index (χ1n) is 9.00. The molecule has 1 atom stereocenters. The van der Waals surface area contributed by atoms with Crippen LogP contribution in [0.25, 0.3) is 0 Å². The van der Waals surface area contributed by atoms with E-state index < -0.39 is 45.4 Å². The third kappa shape index (κ3) is 6.90. The summed E-state index contributed by atoms with van der Waals surface area (Å²) < 4.78 is 80.4. The third-order valence-corrected chi connectivity index (χ3v) is 4.61. The van der Waals surface area contributed by atoms with Crippen molar-refractivity contribution in [2.24, 2.45) is 0 Å². The number of anilines is 1. The third-order valence-electron chi connectivity index (χ3n) is 3.96. The second-order valence-electron chi connectivity index (χ2n) is 6.66. The molecule has 0 bridgehead atoms. The predicted octanol–water partition coefficient (Wildman–Crippen LogP) is 2.93. The van der Waals surface area contributed by atoms with E-state index in [1.54, 1.807) is 0 Å². The highest BCUT2D eigenvalue weighted by molar-refractivity contribution is 7.93. The van der Waals surface area contributed by atoms with E-state index in [1.807, 2.05) is 0 Å². The Morgan fingerprint density at radius 2 is 2.00 bits per heavy atom. The van der Waals surface area contributed by atoms with Gasteiger partial charge >= 0.3 is 6.18 Å². The van der Waals surface area contributed by atoms with Gasteiger partial charge in [0.05, 0.1) is 7.11 Å². The van der Waals surface area contributed by atoms with Crippen LogP contribution in [0.4, 0.5) is 23.4 Å². The number of nitrogens with one attached hydrogen (secondary N) is 2. The first kappa shape index (κ1) is 25.0. The highest BCUT2D eigenvalue weighted by atomic mass is 32.2. The lowest BCUT2D eigenvalue weighted by molar-refractivity contribution is -0.144. The highest BCUT2D eigenvalue weighted by Crippen LogP contribution is 2.28. The van der Waals surface area contributed by atoms with Crippen LogP contribution in [-0.4, -0.2) is 43.7 Å². The van der Waals surface area contributed by atoms with Crippen molar-refractivity contribution in [3.05, 3.63) is 58.6 Å². The van der Waals surface area contributed by atoms with E-state index in [2.05, 4.69) is 20.6 Å². The average Bonchev–Trinajstić information content (AvgIpc) is 2.69. The Bertz CT molecular complexity index is 1120. The maximum atomic E-state index is 13.9. The summed E-state index contributed by atoms with van der Waals surface area (Å²) in [6, 6.07) is 3.26. The number of hydrogen-bond acceptors (Lipinski definition) is 7. The number of halogens is 4. The number of amides is 1. The molecule has 8 nitrogen and oxygen atoms in total. The highest BCUT2D eigenvalue weighted by Gasteiger charge is 2.35. The summed E-state index contributed by atoms with van der Waals surface area (Å²) in [5, 5.41) is 5.89. The Kier molecular flexibility index (Phi) is 7.78. The number of para-hydroxylation sites is 1. The van der Waals surface area contributed by atoms with Gasteiger partial charge < -0.3 is 15.4 Å². The van der Waals surface area contributed by atoms with E-state index in [9.17, 15) is 30.8 Å². The number of nitrogens with zero attached hydrogens (tertiary/aromatic N) is 2. The van der Waals surface area contributed by atoms with E-state index in [4.69, 9.17) is 4.74 Å². The van der Waals surface area contributed by atoms with Crippen LogP contribution in [0.15, 0.2) is 35.9 Å². The van der Waals surface area contributed by atoms with Crippen molar-refractivity contribution in [2.45, 2.75) is 25.7 Å². The fourth-order valence-corrected chi connectivity index (χ4v) is 3.03. The molecule has 174 valence electrons. The minimum atomic E-state index is -4.87. The number of carbonyl (C=O) groups is 1. The minimum Gasteiger partial charge on any atom is -0.493 e. The van der Waals surface area contributed by atoms with E-state index in [0.717, 1.165) is 17.7 Å². The first-order chi connectivity index (χ1) is 14.8. The summed E-state index contributed by atoms with van der Waals surface area (Å²) in [5.74, 6) is -3.56. The molecule has 0 saturated heterocycles. The van der Waals surface area contributed by atoms with Crippen LogP contribution >= 0.6 is 0 Å². The van der Waals surface area contributed by atoms with E-state index >= 15 is 0 Å². The van der Waals surface area contributed by atoms with Crippen LogP contribution in [0, 0.1) is 5.82 Å². The minimum absolute atomic E-state index is 0.115. The molecule has 1 heterocycles. The quantitative estimate of drug-likeness (QED) is 0.564. The van der Waals surface area contributed by atoms with Crippen molar-refractivity contribution in [3.63, 3.8) is 0 Å². The van der Waals surface area contributed by atoms with Crippen molar-refractivity contribution in [3.8, 4) is 5.75 Å². The standard InChI is InChI=1S/C19H20F4N4O4S/c1-11(7-8-32(3,29)30)26-17(28)13-10-25-18(19(21,22)23)27-16(13)24-9-12-5-4-6-14(20)15(12)31-2/h4-8,10-11H,9H2,1-3H3,(H,26,28)(H,24,25,27)/b8-7+/t11-/m0/s1. The Morgan fingerprint density at radius 3 is 2.59 bits per heavy atom. The van der Waals surface area contributed by atoms with Crippen LogP contribution < -0.4 is 15.4 Å². The Labute approximate surface area is 181 Å². The van der Waals surface area contributed by atoms with Gasteiger partial charge in [-0.2, -0.15) is 13.2 Å². The zero-order valence-corrected chi connectivity index (χ0v) is 18.0. The van der Waals surface area contributed by atoms with Gasteiger partial charge in [0, 0.05) is 36.0 Å². The Balaban J connectivity index is 2.34. The van der Waals surface area contributed by atoms with Crippen LogP contribution in [0.2, 0.25) is 0 Å². The van der Waals surface area contributed by atoms with Crippen LogP contribution in [0.1, 0.15) is 28.7 Å². The molecule has 0 unspecified atom stereocenters. The van der Waals surface area contributed by atoms with Crippen molar-refractivity contribution in [2.75, 3.05) is 18.7 Å². The van der Waals surface area contributed by atoms with Gasteiger partial charge in [-0.25, -0.2) is 22.8 Å². The van der Waals surface area contributed by atoms with Gasteiger partial charge in [0.15, 0.2) is 21.4 Å².